The van der Waals surface area contributed by atoms with Crippen LogP contribution in [0.4, 0.5) is 0 Å². The van der Waals surface area contributed by atoms with Crippen LogP contribution in [0.25, 0.3) is 0 Å². The van der Waals surface area contributed by atoms with Gasteiger partial charge in [-0.15, -0.1) is 0 Å². The van der Waals surface area contributed by atoms with Crippen molar-refractivity contribution in [2.75, 3.05) is 19.8 Å². The van der Waals surface area contributed by atoms with E-state index in [1.165, 1.54) is 199 Å². The Morgan fingerprint density at radius 3 is 1.15 bits per heavy atom. The standard InChI is InChI=1S/C56H106NO10P/c1-3-5-7-9-11-13-15-17-19-21-23-25-26-28-30-32-34-36-38-40-42-44-46-48-55(59)67-52(50-65-68(62,63)66-51-53(57)56(60)61)49-64-54(58)47-45-43-41-39-37-35-33-31-29-27-24-22-20-18-16-14-12-10-8-6-4-2/h15,17,21,23,52-53H,3-14,16,18-20,22,24-51,57H2,1-2H3,(H,60,61)(H,62,63)/b17-15-,23-21-. The van der Waals surface area contributed by atoms with Gasteiger partial charge >= 0.3 is 25.7 Å². The van der Waals surface area contributed by atoms with Crippen molar-refractivity contribution in [1.82, 2.24) is 0 Å². The van der Waals surface area contributed by atoms with Crippen molar-refractivity contribution < 1.29 is 47.5 Å². The lowest BCUT2D eigenvalue weighted by atomic mass is 10.0. The minimum atomic E-state index is -4.72. The quantitative estimate of drug-likeness (QED) is 0.0229. The van der Waals surface area contributed by atoms with E-state index in [1.54, 1.807) is 0 Å². The number of carbonyl (C=O) groups is 3. The van der Waals surface area contributed by atoms with Crippen LogP contribution >= 0.6 is 7.82 Å². The van der Waals surface area contributed by atoms with Crippen LogP contribution in [0, 0.1) is 0 Å². The summed E-state index contributed by atoms with van der Waals surface area (Å²) in [6.45, 7) is 2.86. The fraction of sp³-hybridized carbons (Fsp3) is 0.875. The van der Waals surface area contributed by atoms with E-state index in [0.717, 1.165) is 44.9 Å². The van der Waals surface area contributed by atoms with Crippen molar-refractivity contribution in [1.29, 1.82) is 0 Å². The van der Waals surface area contributed by atoms with Gasteiger partial charge in [-0.1, -0.05) is 250 Å². The minimum Gasteiger partial charge on any atom is -0.480 e. The van der Waals surface area contributed by atoms with Gasteiger partial charge in [-0.2, -0.15) is 0 Å². The molecule has 12 heteroatoms. The fourth-order valence-corrected chi connectivity index (χ4v) is 9.05. The fourth-order valence-electron chi connectivity index (χ4n) is 8.28. The van der Waals surface area contributed by atoms with E-state index in [1.807, 2.05) is 0 Å². The summed E-state index contributed by atoms with van der Waals surface area (Å²) in [5.41, 5.74) is 5.37. The van der Waals surface area contributed by atoms with Gasteiger partial charge in [-0.3, -0.25) is 23.4 Å². The summed E-state index contributed by atoms with van der Waals surface area (Å²) in [6.07, 6.45) is 58.1. The van der Waals surface area contributed by atoms with Crippen molar-refractivity contribution in [2.24, 2.45) is 5.73 Å². The molecule has 0 heterocycles. The molecule has 0 saturated heterocycles. The molecule has 0 spiro atoms. The first kappa shape index (κ1) is 66.0. The molecule has 3 unspecified atom stereocenters. The number of nitrogens with two attached hydrogens (primary N) is 1. The maximum Gasteiger partial charge on any atom is 0.472 e. The number of hydrogen-bond donors (Lipinski definition) is 3. The zero-order chi connectivity index (χ0) is 49.9. The Morgan fingerprint density at radius 2 is 0.779 bits per heavy atom. The summed E-state index contributed by atoms with van der Waals surface area (Å²) in [6, 6.07) is -1.52. The number of carboxylic acid groups (broad SMARTS) is 1. The average molecular weight is 984 g/mol. The molecule has 3 atom stereocenters. The minimum absolute atomic E-state index is 0.162. The van der Waals surface area contributed by atoms with Crippen molar-refractivity contribution >= 4 is 25.7 Å². The van der Waals surface area contributed by atoms with Crippen LogP contribution in [0.1, 0.15) is 284 Å². The Balaban J connectivity index is 4.15. The van der Waals surface area contributed by atoms with E-state index in [4.69, 9.17) is 29.4 Å². The van der Waals surface area contributed by atoms with Gasteiger partial charge in [0.25, 0.3) is 0 Å². The van der Waals surface area contributed by atoms with Crippen molar-refractivity contribution in [2.45, 2.75) is 296 Å². The van der Waals surface area contributed by atoms with Gasteiger partial charge < -0.3 is 25.2 Å². The Labute approximate surface area is 417 Å². The molecule has 0 rings (SSSR count). The van der Waals surface area contributed by atoms with Gasteiger partial charge in [0.1, 0.15) is 12.6 Å². The Kier molecular flexibility index (Phi) is 49.8. The Bertz CT molecular complexity index is 1250. The van der Waals surface area contributed by atoms with Crippen LogP contribution in [0.15, 0.2) is 24.3 Å². The van der Waals surface area contributed by atoms with Crippen LogP contribution in [-0.2, 0) is 37.5 Å². The largest absolute Gasteiger partial charge is 0.480 e. The molecule has 68 heavy (non-hydrogen) atoms. The maximum absolute atomic E-state index is 12.7. The summed E-state index contributed by atoms with van der Waals surface area (Å²) in [4.78, 5) is 46.3. The van der Waals surface area contributed by atoms with E-state index in [-0.39, 0.29) is 19.4 Å². The summed E-state index contributed by atoms with van der Waals surface area (Å²) in [5, 5.41) is 8.94. The third-order valence-electron chi connectivity index (χ3n) is 12.7. The number of allylic oxidation sites excluding steroid dienone is 4. The molecule has 0 radical (unpaired) electrons. The van der Waals surface area contributed by atoms with Crippen molar-refractivity contribution in [3.63, 3.8) is 0 Å². The number of hydrogen-bond acceptors (Lipinski definition) is 9. The molecule has 0 aromatic heterocycles. The third-order valence-corrected chi connectivity index (χ3v) is 13.7. The van der Waals surface area contributed by atoms with Crippen LogP contribution in [0.2, 0.25) is 0 Å². The lowest BCUT2D eigenvalue weighted by Gasteiger charge is -2.20. The molecule has 0 amide bonds. The lowest BCUT2D eigenvalue weighted by Crippen LogP contribution is -2.34. The molecule has 0 aliphatic carbocycles. The van der Waals surface area contributed by atoms with E-state index in [0.29, 0.717) is 12.8 Å². The molecule has 0 aromatic carbocycles. The number of carbonyl (C=O) groups excluding carboxylic acids is 2. The van der Waals surface area contributed by atoms with Crippen LogP contribution in [0.3, 0.4) is 0 Å². The van der Waals surface area contributed by atoms with Crippen molar-refractivity contribution in [3.8, 4) is 0 Å². The first-order valence-electron chi connectivity index (χ1n) is 28.4. The van der Waals surface area contributed by atoms with E-state index < -0.39 is 51.1 Å². The number of phosphoric acid groups is 1. The van der Waals surface area contributed by atoms with Gasteiger partial charge in [-0.05, 0) is 44.9 Å². The first-order chi connectivity index (χ1) is 33.1. The molecule has 0 saturated carbocycles. The molecule has 400 valence electrons. The van der Waals surface area contributed by atoms with E-state index >= 15 is 0 Å². The summed E-state index contributed by atoms with van der Waals surface area (Å²) in [7, 11) is -4.72. The van der Waals surface area contributed by atoms with Gasteiger partial charge in [0, 0.05) is 12.8 Å². The zero-order valence-corrected chi connectivity index (χ0v) is 44.9. The SMILES string of the molecule is CCCCCCC/C=C\C/C=C\CCCCCCCCCCCCCC(=O)OC(COC(=O)CCCCCCCCCCCCCCCCCCCCCCC)COP(=O)(O)OCC(N)C(=O)O. The highest BCUT2D eigenvalue weighted by Crippen LogP contribution is 2.43. The number of phosphoric ester groups is 1. The molecular weight excluding hydrogens is 878 g/mol. The predicted octanol–water partition coefficient (Wildman–Crippen LogP) is 16.5. The highest BCUT2D eigenvalue weighted by molar-refractivity contribution is 7.47. The van der Waals surface area contributed by atoms with E-state index in [2.05, 4.69) is 38.2 Å². The number of aliphatic carboxylic acids is 1. The van der Waals surface area contributed by atoms with Crippen LogP contribution in [-0.4, -0.2) is 59.9 Å². The third kappa shape index (κ3) is 50.4. The molecular formula is C56H106NO10P. The predicted molar refractivity (Wildman–Crippen MR) is 282 cm³/mol. The normalized spacial score (nSPS) is 13.6. The highest BCUT2D eigenvalue weighted by atomic mass is 31.2. The Hall–Kier alpha value is -2.04. The van der Waals surface area contributed by atoms with Gasteiger partial charge in [-0.25, -0.2) is 4.57 Å². The number of ether oxygens (including phenoxy) is 2. The number of esters is 2. The monoisotopic (exact) mass is 984 g/mol. The molecule has 0 aliphatic heterocycles. The summed E-state index contributed by atoms with van der Waals surface area (Å²) in [5.74, 6) is -2.36. The number of unbranched alkanes of at least 4 members (excludes halogenated alkanes) is 36. The molecule has 0 bridgehead atoms. The van der Waals surface area contributed by atoms with Crippen LogP contribution < -0.4 is 5.73 Å². The first-order valence-corrected chi connectivity index (χ1v) is 29.9. The Morgan fingerprint density at radius 1 is 0.456 bits per heavy atom. The second-order valence-electron chi connectivity index (χ2n) is 19.4. The van der Waals surface area contributed by atoms with Crippen LogP contribution in [0.5, 0.6) is 0 Å². The smallest absolute Gasteiger partial charge is 0.472 e. The molecule has 0 aliphatic rings. The zero-order valence-electron chi connectivity index (χ0n) is 44.0. The van der Waals surface area contributed by atoms with Crippen molar-refractivity contribution in [3.05, 3.63) is 24.3 Å². The second-order valence-corrected chi connectivity index (χ2v) is 20.9. The maximum atomic E-state index is 12.7. The van der Waals surface area contributed by atoms with Gasteiger partial charge in [0.15, 0.2) is 6.10 Å². The number of carboxylic acids is 1. The lowest BCUT2D eigenvalue weighted by molar-refractivity contribution is -0.161. The summed E-state index contributed by atoms with van der Waals surface area (Å²) >= 11 is 0. The molecule has 0 fully saturated rings. The van der Waals surface area contributed by atoms with Gasteiger partial charge in [0.05, 0.1) is 13.2 Å². The summed E-state index contributed by atoms with van der Waals surface area (Å²) < 4.78 is 33.0. The number of rotatable bonds is 54. The highest BCUT2D eigenvalue weighted by Gasteiger charge is 2.28. The second kappa shape index (κ2) is 51.3. The molecule has 0 aromatic rings. The van der Waals surface area contributed by atoms with Gasteiger partial charge in [0.2, 0.25) is 0 Å². The molecule has 4 N–H and O–H groups in total. The topological polar surface area (TPSA) is 172 Å². The molecule has 11 nitrogen and oxygen atoms in total. The average Bonchev–Trinajstić information content (AvgIpc) is 3.32. The van der Waals surface area contributed by atoms with E-state index in [9.17, 15) is 23.8 Å².